The van der Waals surface area contributed by atoms with Crippen LogP contribution in [0, 0.1) is 0 Å². The summed E-state index contributed by atoms with van der Waals surface area (Å²) < 4.78 is 26.8. The molecule has 0 saturated heterocycles. The third kappa shape index (κ3) is 3.13. The summed E-state index contributed by atoms with van der Waals surface area (Å²) in [6.07, 6.45) is 6.93. The van der Waals surface area contributed by atoms with Crippen molar-refractivity contribution in [3.8, 4) is 0 Å². The Balaban J connectivity index is 1.51. The fourth-order valence-corrected chi connectivity index (χ4v) is 3.49. The van der Waals surface area contributed by atoms with Crippen molar-refractivity contribution in [2.24, 2.45) is 10.2 Å². The van der Waals surface area contributed by atoms with Gasteiger partial charge in [-0.05, 0) is 59.7 Å². The SMILES string of the molecule is CCC1=CCc2ccc(C3=NN=C(C4=CC(F)C(F)C=C4)C3)cc2C1. The van der Waals surface area contributed by atoms with E-state index in [0.29, 0.717) is 17.7 Å². The second-order valence-electron chi connectivity index (χ2n) is 6.72. The van der Waals surface area contributed by atoms with Crippen molar-refractivity contribution in [1.29, 1.82) is 0 Å². The topological polar surface area (TPSA) is 24.7 Å². The fraction of sp³-hybridized carbons (Fsp3) is 0.333. The number of nitrogens with zero attached hydrogens (tertiary/aromatic N) is 2. The van der Waals surface area contributed by atoms with Crippen molar-refractivity contribution < 1.29 is 8.78 Å². The monoisotopic (exact) mass is 338 g/mol. The highest BCUT2D eigenvalue weighted by molar-refractivity contribution is 6.21. The van der Waals surface area contributed by atoms with E-state index in [9.17, 15) is 8.78 Å². The molecule has 3 aliphatic rings. The molecule has 128 valence electrons. The van der Waals surface area contributed by atoms with Gasteiger partial charge in [-0.15, -0.1) is 0 Å². The maximum absolute atomic E-state index is 13.6. The Morgan fingerprint density at radius 3 is 2.68 bits per heavy atom. The predicted octanol–water partition coefficient (Wildman–Crippen LogP) is 4.84. The molecule has 0 radical (unpaired) electrons. The number of halogens is 2. The average Bonchev–Trinajstić information content (AvgIpc) is 3.13. The highest BCUT2D eigenvalue weighted by Crippen LogP contribution is 2.27. The zero-order chi connectivity index (χ0) is 17.4. The van der Waals surface area contributed by atoms with Crippen molar-refractivity contribution in [3.63, 3.8) is 0 Å². The highest BCUT2D eigenvalue weighted by atomic mass is 19.2. The molecule has 1 aromatic carbocycles. The van der Waals surface area contributed by atoms with Crippen LogP contribution < -0.4 is 0 Å². The summed E-state index contributed by atoms with van der Waals surface area (Å²) in [5.74, 6) is 0. The summed E-state index contributed by atoms with van der Waals surface area (Å²) in [6, 6.07) is 6.46. The number of benzene rings is 1. The first kappa shape index (κ1) is 16.1. The molecule has 0 spiro atoms. The largest absolute Gasteiger partial charge is 0.239 e. The molecule has 0 N–H and O–H groups in total. The lowest BCUT2D eigenvalue weighted by atomic mass is 9.88. The fourth-order valence-electron chi connectivity index (χ4n) is 3.49. The van der Waals surface area contributed by atoms with Gasteiger partial charge in [0.25, 0.3) is 0 Å². The van der Waals surface area contributed by atoms with E-state index in [1.54, 1.807) is 6.08 Å². The minimum atomic E-state index is -1.60. The Bertz CT molecular complexity index is 859. The molecule has 0 aromatic heterocycles. The van der Waals surface area contributed by atoms with Crippen LogP contribution in [0.15, 0.2) is 63.9 Å². The van der Waals surface area contributed by atoms with Crippen LogP contribution in [0.25, 0.3) is 0 Å². The third-order valence-electron chi connectivity index (χ3n) is 5.08. The van der Waals surface area contributed by atoms with Crippen molar-refractivity contribution in [1.82, 2.24) is 0 Å². The second-order valence-corrected chi connectivity index (χ2v) is 6.72. The zero-order valence-corrected chi connectivity index (χ0v) is 14.2. The van der Waals surface area contributed by atoms with Gasteiger partial charge in [-0.2, -0.15) is 10.2 Å². The van der Waals surface area contributed by atoms with E-state index in [1.165, 1.54) is 28.9 Å². The van der Waals surface area contributed by atoms with Crippen molar-refractivity contribution in [2.45, 2.75) is 45.0 Å². The molecule has 2 nitrogen and oxygen atoms in total. The van der Waals surface area contributed by atoms with Crippen LogP contribution in [0.5, 0.6) is 0 Å². The molecular formula is C21H20F2N2. The molecule has 4 rings (SSSR count). The standard InChI is InChI=1S/C21H20F2N2/c1-2-13-3-4-14-5-6-15(10-17(14)9-13)20-12-21(25-24-20)16-7-8-18(22)19(23)11-16/h3,5-8,10-11,18-19H,2,4,9,12H2,1H3. The van der Waals surface area contributed by atoms with Gasteiger partial charge in [-0.25, -0.2) is 8.78 Å². The van der Waals surface area contributed by atoms with Gasteiger partial charge in [0, 0.05) is 6.42 Å². The van der Waals surface area contributed by atoms with Crippen LogP contribution in [0.4, 0.5) is 8.78 Å². The lowest BCUT2D eigenvalue weighted by Crippen LogP contribution is -2.18. The van der Waals surface area contributed by atoms with Crippen LogP contribution in [0.1, 0.15) is 36.5 Å². The average molecular weight is 338 g/mol. The molecule has 25 heavy (non-hydrogen) atoms. The second kappa shape index (κ2) is 6.51. The first-order chi connectivity index (χ1) is 12.1. The molecule has 0 amide bonds. The Morgan fingerprint density at radius 2 is 1.88 bits per heavy atom. The highest BCUT2D eigenvalue weighted by Gasteiger charge is 2.24. The summed E-state index contributed by atoms with van der Waals surface area (Å²) in [5.41, 5.74) is 7.49. The molecule has 2 atom stereocenters. The van der Waals surface area contributed by atoms with Crippen LogP contribution in [-0.2, 0) is 12.8 Å². The number of allylic oxidation sites excluding steroid dienone is 6. The minimum absolute atomic E-state index is 0.551. The van der Waals surface area contributed by atoms with Crippen LogP contribution in [-0.4, -0.2) is 23.8 Å². The minimum Gasteiger partial charge on any atom is -0.239 e. The van der Waals surface area contributed by atoms with Crippen molar-refractivity contribution >= 4 is 11.4 Å². The van der Waals surface area contributed by atoms with Gasteiger partial charge in [0.1, 0.15) is 0 Å². The van der Waals surface area contributed by atoms with Gasteiger partial charge >= 0.3 is 0 Å². The third-order valence-corrected chi connectivity index (χ3v) is 5.08. The smallest absolute Gasteiger partial charge is 0.154 e. The van der Waals surface area contributed by atoms with Gasteiger partial charge in [0.05, 0.1) is 11.4 Å². The summed E-state index contributed by atoms with van der Waals surface area (Å²) in [6.45, 7) is 2.19. The zero-order valence-electron chi connectivity index (χ0n) is 14.2. The van der Waals surface area contributed by atoms with Gasteiger partial charge in [0.15, 0.2) is 12.3 Å². The lowest BCUT2D eigenvalue weighted by molar-refractivity contribution is 0.245. The Morgan fingerprint density at radius 1 is 1.04 bits per heavy atom. The lowest BCUT2D eigenvalue weighted by Gasteiger charge is -2.17. The van der Waals surface area contributed by atoms with Crippen molar-refractivity contribution in [3.05, 3.63) is 70.3 Å². The number of hydrogen-bond acceptors (Lipinski definition) is 2. The first-order valence-corrected chi connectivity index (χ1v) is 8.76. The van der Waals surface area contributed by atoms with Crippen LogP contribution in [0.2, 0.25) is 0 Å². The summed E-state index contributed by atoms with van der Waals surface area (Å²) in [5, 5.41) is 8.50. The maximum Gasteiger partial charge on any atom is 0.154 e. The van der Waals surface area contributed by atoms with E-state index >= 15 is 0 Å². The first-order valence-electron chi connectivity index (χ1n) is 8.76. The summed E-state index contributed by atoms with van der Waals surface area (Å²) in [7, 11) is 0. The van der Waals surface area contributed by atoms with E-state index in [-0.39, 0.29) is 0 Å². The quantitative estimate of drug-likeness (QED) is 0.705. The molecule has 1 aromatic rings. The summed E-state index contributed by atoms with van der Waals surface area (Å²) in [4.78, 5) is 0. The van der Waals surface area contributed by atoms with E-state index in [2.05, 4.69) is 41.4 Å². The Kier molecular flexibility index (Phi) is 4.20. The Labute approximate surface area is 146 Å². The summed E-state index contributed by atoms with van der Waals surface area (Å²) >= 11 is 0. The molecule has 4 heteroatoms. The molecule has 1 aliphatic heterocycles. The van der Waals surface area contributed by atoms with Gasteiger partial charge in [0.2, 0.25) is 0 Å². The van der Waals surface area contributed by atoms with Gasteiger partial charge < -0.3 is 0 Å². The van der Waals surface area contributed by atoms with Crippen molar-refractivity contribution in [2.75, 3.05) is 0 Å². The molecule has 2 aliphatic carbocycles. The van der Waals surface area contributed by atoms with E-state index < -0.39 is 12.3 Å². The normalized spacial score (nSPS) is 25.1. The molecule has 1 heterocycles. The molecular weight excluding hydrogens is 318 g/mol. The number of rotatable bonds is 3. The number of alkyl halides is 2. The maximum atomic E-state index is 13.6. The molecule has 0 saturated carbocycles. The molecule has 2 unspecified atom stereocenters. The number of hydrogen-bond donors (Lipinski definition) is 0. The Hall–Kier alpha value is -2.36. The van der Waals surface area contributed by atoms with Crippen LogP contribution in [0.3, 0.4) is 0 Å². The number of fused-ring (bicyclic) bond motifs is 1. The van der Waals surface area contributed by atoms with E-state index in [1.807, 2.05) is 0 Å². The van der Waals surface area contributed by atoms with Crippen LogP contribution >= 0.6 is 0 Å². The molecule has 0 bridgehead atoms. The molecule has 0 fully saturated rings. The van der Waals surface area contributed by atoms with E-state index in [4.69, 9.17) is 0 Å². The van der Waals surface area contributed by atoms with E-state index in [0.717, 1.165) is 30.5 Å². The van der Waals surface area contributed by atoms with Gasteiger partial charge in [-0.3, -0.25) is 0 Å². The predicted molar refractivity (Wildman–Crippen MR) is 97.8 cm³/mol. The van der Waals surface area contributed by atoms with Gasteiger partial charge in [-0.1, -0.05) is 36.8 Å².